The summed E-state index contributed by atoms with van der Waals surface area (Å²) in [5.74, 6) is -0.218. The maximum absolute atomic E-state index is 11.7. The van der Waals surface area contributed by atoms with Gasteiger partial charge in [0.15, 0.2) is 0 Å². The van der Waals surface area contributed by atoms with Crippen LogP contribution in [-0.4, -0.2) is 33.4 Å². The fourth-order valence-electron chi connectivity index (χ4n) is 4.81. The molecular weight excluding hydrogens is 442 g/mol. The second-order valence-corrected chi connectivity index (χ2v) is 9.87. The van der Waals surface area contributed by atoms with Crippen LogP contribution < -0.4 is 11.1 Å². The summed E-state index contributed by atoms with van der Waals surface area (Å²) in [6, 6.07) is 21.0. The van der Waals surface area contributed by atoms with Crippen LogP contribution >= 0.6 is 11.3 Å². The van der Waals surface area contributed by atoms with Crippen molar-refractivity contribution in [2.45, 2.75) is 25.4 Å². The first kappa shape index (κ1) is 20.9. The van der Waals surface area contributed by atoms with Crippen LogP contribution in [0.25, 0.3) is 31.6 Å². The van der Waals surface area contributed by atoms with Gasteiger partial charge in [-0.25, -0.2) is 0 Å². The van der Waals surface area contributed by atoms with Gasteiger partial charge in [0.25, 0.3) is 0 Å². The minimum atomic E-state index is -0.218. The molecule has 0 aliphatic carbocycles. The number of aromatic nitrogens is 2. The summed E-state index contributed by atoms with van der Waals surface area (Å²) < 4.78 is 1.14. The van der Waals surface area contributed by atoms with Crippen LogP contribution in [0.2, 0.25) is 0 Å². The SMILES string of the molecule is NC(=O)C1CCCN1Cc1ccc(-c2cc3nccc(Nc4ccc5[nH]ccc5c4)c3s2)cc1. The van der Waals surface area contributed by atoms with E-state index in [0.717, 1.165) is 53.0 Å². The average Bonchev–Trinajstić information content (AvgIpc) is 3.59. The number of likely N-dealkylation sites (tertiary alicyclic amines) is 1. The van der Waals surface area contributed by atoms with E-state index in [4.69, 9.17) is 5.73 Å². The number of benzene rings is 2. The van der Waals surface area contributed by atoms with E-state index in [0.29, 0.717) is 0 Å². The summed E-state index contributed by atoms with van der Waals surface area (Å²) >= 11 is 1.74. The van der Waals surface area contributed by atoms with Crippen LogP contribution in [0, 0.1) is 0 Å². The van der Waals surface area contributed by atoms with Crippen molar-refractivity contribution >= 4 is 49.7 Å². The summed E-state index contributed by atoms with van der Waals surface area (Å²) in [7, 11) is 0. The fourth-order valence-corrected chi connectivity index (χ4v) is 5.90. The maximum Gasteiger partial charge on any atom is 0.234 e. The summed E-state index contributed by atoms with van der Waals surface area (Å²) in [6.07, 6.45) is 5.69. The number of pyridine rings is 1. The number of nitrogens with zero attached hydrogens (tertiary/aromatic N) is 2. The van der Waals surface area contributed by atoms with Gasteiger partial charge in [0.05, 0.1) is 21.9 Å². The molecule has 3 aromatic heterocycles. The lowest BCUT2D eigenvalue weighted by Crippen LogP contribution is -2.39. The Hall–Kier alpha value is -3.68. The second-order valence-electron chi connectivity index (χ2n) is 8.82. The number of aromatic amines is 1. The van der Waals surface area contributed by atoms with Gasteiger partial charge in [0.1, 0.15) is 0 Å². The highest BCUT2D eigenvalue weighted by Crippen LogP contribution is 2.38. The molecule has 5 aromatic rings. The molecule has 34 heavy (non-hydrogen) atoms. The third-order valence-corrected chi connectivity index (χ3v) is 7.77. The zero-order valence-electron chi connectivity index (χ0n) is 18.6. The third-order valence-electron chi connectivity index (χ3n) is 6.56. The number of carbonyl (C=O) groups is 1. The van der Waals surface area contributed by atoms with Gasteiger partial charge < -0.3 is 16.0 Å². The smallest absolute Gasteiger partial charge is 0.234 e. The Labute approximate surface area is 201 Å². The van der Waals surface area contributed by atoms with Crippen molar-refractivity contribution in [1.29, 1.82) is 0 Å². The summed E-state index contributed by atoms with van der Waals surface area (Å²) in [6.45, 7) is 1.67. The van der Waals surface area contributed by atoms with Gasteiger partial charge in [0, 0.05) is 40.4 Å². The van der Waals surface area contributed by atoms with E-state index in [2.05, 4.69) is 74.8 Å². The van der Waals surface area contributed by atoms with Crippen molar-refractivity contribution in [3.8, 4) is 10.4 Å². The lowest BCUT2D eigenvalue weighted by Gasteiger charge is -2.21. The lowest BCUT2D eigenvalue weighted by molar-refractivity contribution is -0.122. The van der Waals surface area contributed by atoms with E-state index in [1.165, 1.54) is 21.4 Å². The summed E-state index contributed by atoms with van der Waals surface area (Å²) in [5.41, 5.74) is 12.1. The second kappa shape index (κ2) is 8.59. The molecule has 1 aliphatic rings. The first-order valence-electron chi connectivity index (χ1n) is 11.5. The minimum Gasteiger partial charge on any atom is -0.368 e. The standard InChI is InChI=1S/C27H25N5OS/c28-27(33)24-2-1-13-32(24)16-17-3-5-18(6-4-17)25-15-23-26(34-25)22(10-12-30-23)31-20-7-8-21-19(14-20)9-11-29-21/h3-12,14-15,24,29H,1-2,13,16H2,(H2,28,33)(H,30,31). The van der Waals surface area contributed by atoms with E-state index in [1.807, 2.05) is 18.5 Å². The van der Waals surface area contributed by atoms with Crippen LogP contribution in [0.4, 0.5) is 11.4 Å². The number of hydrogen-bond acceptors (Lipinski definition) is 5. The van der Waals surface area contributed by atoms with Crippen molar-refractivity contribution in [1.82, 2.24) is 14.9 Å². The molecule has 4 N–H and O–H groups in total. The van der Waals surface area contributed by atoms with Crippen LogP contribution in [0.15, 0.2) is 73.1 Å². The van der Waals surface area contributed by atoms with Crippen LogP contribution in [0.1, 0.15) is 18.4 Å². The predicted molar refractivity (Wildman–Crippen MR) is 139 cm³/mol. The van der Waals surface area contributed by atoms with Crippen LogP contribution in [0.3, 0.4) is 0 Å². The number of anilines is 2. The van der Waals surface area contributed by atoms with Crippen molar-refractivity contribution in [2.24, 2.45) is 5.73 Å². The van der Waals surface area contributed by atoms with E-state index in [9.17, 15) is 4.79 Å². The normalized spacial score (nSPS) is 16.4. The molecule has 1 fully saturated rings. The molecule has 6 nitrogen and oxygen atoms in total. The Kier molecular flexibility index (Phi) is 5.28. The zero-order chi connectivity index (χ0) is 23.1. The molecule has 0 spiro atoms. The minimum absolute atomic E-state index is 0.141. The fraction of sp³-hybridized carbons (Fsp3) is 0.185. The molecule has 4 heterocycles. The summed E-state index contributed by atoms with van der Waals surface area (Å²) in [5, 5.41) is 4.75. The van der Waals surface area contributed by atoms with Gasteiger partial charge >= 0.3 is 0 Å². The Morgan fingerprint density at radius 3 is 2.88 bits per heavy atom. The van der Waals surface area contributed by atoms with Gasteiger partial charge in [-0.15, -0.1) is 11.3 Å². The maximum atomic E-state index is 11.7. The average molecular weight is 468 g/mol. The molecule has 1 amide bonds. The Balaban J connectivity index is 1.24. The molecule has 1 atom stereocenters. The quantitative estimate of drug-likeness (QED) is 0.302. The van der Waals surface area contributed by atoms with Gasteiger partial charge in [0.2, 0.25) is 5.91 Å². The van der Waals surface area contributed by atoms with Crippen LogP contribution in [0.5, 0.6) is 0 Å². The van der Waals surface area contributed by atoms with Gasteiger partial charge in [-0.1, -0.05) is 24.3 Å². The van der Waals surface area contributed by atoms with Gasteiger partial charge in [-0.2, -0.15) is 0 Å². The molecule has 0 radical (unpaired) electrons. The van der Waals surface area contributed by atoms with E-state index >= 15 is 0 Å². The number of rotatable bonds is 6. The van der Waals surface area contributed by atoms with E-state index in [-0.39, 0.29) is 11.9 Å². The lowest BCUT2D eigenvalue weighted by atomic mass is 10.1. The van der Waals surface area contributed by atoms with Crippen molar-refractivity contribution in [3.05, 3.63) is 78.6 Å². The monoisotopic (exact) mass is 467 g/mol. The first-order valence-corrected chi connectivity index (χ1v) is 12.3. The van der Waals surface area contributed by atoms with E-state index in [1.54, 1.807) is 11.3 Å². The molecule has 1 aliphatic heterocycles. The number of fused-ring (bicyclic) bond motifs is 2. The number of carbonyl (C=O) groups excluding carboxylic acids is 1. The molecule has 7 heteroatoms. The van der Waals surface area contributed by atoms with Gasteiger partial charge in [-0.3, -0.25) is 14.7 Å². The van der Waals surface area contributed by atoms with Crippen LogP contribution in [-0.2, 0) is 11.3 Å². The molecule has 0 saturated carbocycles. The van der Waals surface area contributed by atoms with Gasteiger partial charge in [-0.05, 0) is 66.9 Å². The van der Waals surface area contributed by atoms with Crippen molar-refractivity contribution in [3.63, 3.8) is 0 Å². The zero-order valence-corrected chi connectivity index (χ0v) is 19.4. The molecular formula is C27H25N5OS. The number of nitrogens with one attached hydrogen (secondary N) is 2. The Morgan fingerprint density at radius 2 is 2.03 bits per heavy atom. The first-order chi connectivity index (χ1) is 16.6. The number of H-pyrrole nitrogens is 1. The number of primary amides is 1. The Morgan fingerprint density at radius 1 is 1.15 bits per heavy atom. The molecule has 0 bridgehead atoms. The molecule has 1 unspecified atom stereocenters. The molecule has 170 valence electrons. The number of amides is 1. The highest BCUT2D eigenvalue weighted by Gasteiger charge is 2.28. The molecule has 6 rings (SSSR count). The predicted octanol–water partition coefficient (Wildman–Crippen LogP) is 5.64. The summed E-state index contributed by atoms with van der Waals surface area (Å²) in [4.78, 5) is 22.9. The highest BCUT2D eigenvalue weighted by atomic mass is 32.1. The van der Waals surface area contributed by atoms with Crippen molar-refractivity contribution < 1.29 is 4.79 Å². The molecule has 1 saturated heterocycles. The third kappa shape index (κ3) is 3.93. The number of hydrogen-bond donors (Lipinski definition) is 3. The number of thiophene rings is 1. The van der Waals surface area contributed by atoms with Crippen molar-refractivity contribution in [2.75, 3.05) is 11.9 Å². The number of nitrogens with two attached hydrogens (primary N) is 1. The topological polar surface area (TPSA) is 87.0 Å². The molecule has 2 aromatic carbocycles. The highest BCUT2D eigenvalue weighted by molar-refractivity contribution is 7.22. The largest absolute Gasteiger partial charge is 0.368 e. The Bertz CT molecular complexity index is 1490. The van der Waals surface area contributed by atoms with E-state index < -0.39 is 0 Å².